The van der Waals surface area contributed by atoms with Crippen LogP contribution in [0.4, 0.5) is 0 Å². The first-order valence-corrected chi connectivity index (χ1v) is 11.3. The van der Waals surface area contributed by atoms with Crippen molar-refractivity contribution in [2.24, 2.45) is 0 Å². The predicted molar refractivity (Wildman–Crippen MR) is 141 cm³/mol. The summed E-state index contributed by atoms with van der Waals surface area (Å²) in [6, 6.07) is 26.8. The van der Waals surface area contributed by atoms with Gasteiger partial charge >= 0.3 is 19.3 Å². The first-order chi connectivity index (χ1) is 17.6. The van der Waals surface area contributed by atoms with E-state index in [0.29, 0.717) is 10.2 Å². The molecule has 0 spiro atoms. The maximum atomic E-state index is 10.8. The van der Waals surface area contributed by atoms with Gasteiger partial charge in [0.15, 0.2) is 0 Å². The fraction of sp³-hybridized carbons (Fsp3) is 0. The van der Waals surface area contributed by atoms with Gasteiger partial charge in [-0.2, -0.15) is 0 Å². The van der Waals surface area contributed by atoms with Gasteiger partial charge in [0.05, 0.1) is 0 Å². The molecule has 0 fully saturated rings. The highest BCUT2D eigenvalue weighted by atomic mass is 79.9. The molecule has 4 rings (SSSR count). The van der Waals surface area contributed by atoms with E-state index in [0.717, 1.165) is 11.1 Å². The molecule has 0 heterocycles. The van der Waals surface area contributed by atoms with Crippen molar-refractivity contribution >= 4 is 35.2 Å². The second-order valence-corrected chi connectivity index (χ2v) is 8.04. The summed E-state index contributed by atoms with van der Waals surface area (Å²) in [5.74, 6) is -2.26. The average molecular weight is 569 g/mol. The van der Waals surface area contributed by atoms with E-state index in [1.54, 1.807) is 36.4 Å². The third-order valence-corrected chi connectivity index (χ3v) is 5.00. The lowest BCUT2D eigenvalue weighted by Crippen LogP contribution is -2.20. The third-order valence-electron chi connectivity index (χ3n) is 4.51. The van der Waals surface area contributed by atoms with Crippen molar-refractivity contribution in [1.29, 1.82) is 0 Å². The zero-order valence-electron chi connectivity index (χ0n) is 19.1. The summed E-state index contributed by atoms with van der Waals surface area (Å²) < 4.78 is 5.16. The summed E-state index contributed by atoms with van der Waals surface area (Å²) in [6.45, 7) is 0. The Hall–Kier alpha value is -4.32. The molecule has 9 nitrogen and oxygen atoms in total. The molecule has 0 aliphatic rings. The molecule has 4 aromatic rings. The van der Waals surface area contributed by atoms with Crippen LogP contribution in [0.15, 0.2) is 102 Å². The first-order valence-electron chi connectivity index (χ1n) is 10.5. The van der Waals surface area contributed by atoms with E-state index in [1.165, 1.54) is 24.3 Å². The summed E-state index contributed by atoms with van der Waals surface area (Å²) in [4.78, 5) is 21.2. The molecule has 0 aliphatic heterocycles. The quantitative estimate of drug-likeness (QED) is 0.188. The molecule has 0 aliphatic carbocycles. The fourth-order valence-electron chi connectivity index (χ4n) is 2.82. The third kappa shape index (κ3) is 9.69. The van der Waals surface area contributed by atoms with Crippen LogP contribution in [-0.2, 0) is 0 Å². The highest BCUT2D eigenvalue weighted by molar-refractivity contribution is 9.10. The molecule has 0 saturated heterocycles. The first kappa shape index (κ1) is 28.9. The van der Waals surface area contributed by atoms with Crippen molar-refractivity contribution in [3.05, 3.63) is 113 Å². The molecule has 0 radical (unpaired) electrons. The minimum atomic E-state index is -1.73. The highest BCUT2D eigenvalue weighted by Crippen LogP contribution is 2.25. The number of rotatable bonds is 5. The molecule has 190 valence electrons. The van der Waals surface area contributed by atoms with Gasteiger partial charge in [0.25, 0.3) is 0 Å². The number of phenols is 2. The Kier molecular flexibility index (Phi) is 11.2. The largest absolute Gasteiger partial charge is 0.707 e. The van der Waals surface area contributed by atoms with Crippen LogP contribution in [-0.4, -0.2) is 49.7 Å². The van der Waals surface area contributed by atoms with E-state index in [9.17, 15) is 14.7 Å². The Morgan fingerprint density at radius 1 is 0.649 bits per heavy atom. The van der Waals surface area contributed by atoms with Crippen LogP contribution >= 0.6 is 15.9 Å². The molecule has 11 heteroatoms. The number of benzene rings is 4. The van der Waals surface area contributed by atoms with Crippen LogP contribution in [0.2, 0.25) is 0 Å². The lowest BCUT2D eigenvalue weighted by atomic mass is 10.0. The van der Waals surface area contributed by atoms with Gasteiger partial charge in [0.1, 0.15) is 28.4 Å². The van der Waals surface area contributed by atoms with Crippen LogP contribution in [0.5, 0.6) is 17.2 Å². The van der Waals surface area contributed by atoms with Crippen molar-refractivity contribution in [2.45, 2.75) is 0 Å². The van der Waals surface area contributed by atoms with Gasteiger partial charge in [0, 0.05) is 4.47 Å². The Bertz CT molecular complexity index is 1320. The SMILES string of the molecule is O=C(O)c1cc(-c2ccccc2)ccc1O.O=C(O)c1cc(Br)ccc1O.OB(O)Oc1ccccc1. The Balaban J connectivity index is 0.000000203. The summed E-state index contributed by atoms with van der Waals surface area (Å²) in [6.07, 6.45) is 0. The molecule has 0 amide bonds. The van der Waals surface area contributed by atoms with Gasteiger partial charge in [-0.25, -0.2) is 9.59 Å². The minimum Gasteiger partial charge on any atom is -0.512 e. The molecule has 0 unspecified atom stereocenters. The van der Waals surface area contributed by atoms with Crippen molar-refractivity contribution in [2.75, 3.05) is 0 Å². The van der Waals surface area contributed by atoms with Gasteiger partial charge in [-0.15, -0.1) is 0 Å². The molecule has 37 heavy (non-hydrogen) atoms. The van der Waals surface area contributed by atoms with Crippen molar-refractivity contribution in [1.82, 2.24) is 0 Å². The number of aromatic carboxylic acids is 2. The van der Waals surface area contributed by atoms with Crippen molar-refractivity contribution in [3.63, 3.8) is 0 Å². The second-order valence-electron chi connectivity index (χ2n) is 7.13. The number of carboxylic acid groups (broad SMARTS) is 2. The standard InChI is InChI=1S/C13H10O3.C7H5BrO3.C6H7BO3/c14-12-7-6-10(8-11(12)13(15)16)9-4-2-1-3-5-9;8-4-1-2-6(9)5(3-4)7(10)11;8-7(9)10-6-4-2-1-3-5-6/h1-8,14H,(H,15,16);1-3,9H,(H,10,11);1-5,8-9H. The van der Waals surface area contributed by atoms with E-state index in [-0.39, 0.29) is 22.6 Å². The van der Waals surface area contributed by atoms with Gasteiger partial charge in [-0.3, -0.25) is 0 Å². The molecule has 0 bridgehead atoms. The zero-order valence-corrected chi connectivity index (χ0v) is 20.7. The monoisotopic (exact) mass is 568 g/mol. The Labute approximate surface area is 220 Å². The molecule has 0 saturated carbocycles. The average Bonchev–Trinajstić information content (AvgIpc) is 2.87. The normalized spacial score (nSPS) is 9.59. The summed E-state index contributed by atoms with van der Waals surface area (Å²) in [5.41, 5.74) is 1.52. The molecule has 4 aromatic carbocycles. The molecule has 6 N–H and O–H groups in total. The van der Waals surface area contributed by atoms with Crippen molar-refractivity contribution < 1.29 is 44.7 Å². The zero-order chi connectivity index (χ0) is 27.4. The van der Waals surface area contributed by atoms with E-state index >= 15 is 0 Å². The summed E-state index contributed by atoms with van der Waals surface area (Å²) in [5, 5.41) is 52.4. The summed E-state index contributed by atoms with van der Waals surface area (Å²) in [7, 11) is -1.73. The second kappa shape index (κ2) is 14.3. The Morgan fingerprint density at radius 2 is 1.14 bits per heavy atom. The van der Waals surface area contributed by atoms with Gasteiger partial charge in [-0.05, 0) is 53.6 Å². The number of para-hydroxylation sites is 1. The van der Waals surface area contributed by atoms with Crippen LogP contribution in [0.25, 0.3) is 11.1 Å². The van der Waals surface area contributed by atoms with Crippen LogP contribution < -0.4 is 4.65 Å². The van der Waals surface area contributed by atoms with E-state index in [2.05, 4.69) is 20.6 Å². The van der Waals surface area contributed by atoms with E-state index in [4.69, 9.17) is 25.4 Å². The minimum absolute atomic E-state index is 0.0821. The lowest BCUT2D eigenvalue weighted by molar-refractivity contribution is 0.0682. The fourth-order valence-corrected chi connectivity index (χ4v) is 3.18. The van der Waals surface area contributed by atoms with Crippen LogP contribution in [0.1, 0.15) is 20.7 Å². The molecular formula is C26H22BBrO9. The lowest BCUT2D eigenvalue weighted by Gasteiger charge is -2.04. The van der Waals surface area contributed by atoms with Crippen molar-refractivity contribution in [3.8, 4) is 28.4 Å². The topological polar surface area (TPSA) is 165 Å². The number of carbonyl (C=O) groups is 2. The van der Waals surface area contributed by atoms with Crippen LogP contribution in [0.3, 0.4) is 0 Å². The van der Waals surface area contributed by atoms with Crippen LogP contribution in [0, 0.1) is 0 Å². The van der Waals surface area contributed by atoms with Gasteiger partial charge < -0.3 is 35.1 Å². The maximum absolute atomic E-state index is 10.8. The Morgan fingerprint density at radius 3 is 1.62 bits per heavy atom. The summed E-state index contributed by atoms with van der Waals surface area (Å²) >= 11 is 3.09. The maximum Gasteiger partial charge on any atom is 0.707 e. The predicted octanol–water partition coefficient (Wildman–Crippen LogP) is 4.65. The number of hydrogen-bond acceptors (Lipinski definition) is 7. The molecular weight excluding hydrogens is 547 g/mol. The highest BCUT2D eigenvalue weighted by Gasteiger charge is 2.11. The number of halogens is 1. The molecule has 0 atom stereocenters. The number of aromatic hydroxyl groups is 2. The number of hydrogen-bond donors (Lipinski definition) is 6. The van der Waals surface area contributed by atoms with Gasteiger partial charge in [0.2, 0.25) is 0 Å². The number of carboxylic acids is 2. The van der Waals surface area contributed by atoms with E-state index < -0.39 is 19.3 Å². The smallest absolute Gasteiger partial charge is 0.512 e. The molecule has 0 aromatic heterocycles. The van der Waals surface area contributed by atoms with Gasteiger partial charge in [-0.1, -0.05) is 70.5 Å². The van der Waals surface area contributed by atoms with E-state index in [1.807, 2.05) is 36.4 Å².